The zero-order valence-corrected chi connectivity index (χ0v) is 8.70. The lowest BCUT2D eigenvalue weighted by Crippen LogP contribution is -3.00. The standard InChI is InChI=1S/C10H13NO2.ClH/c1-6-10(13)9-4-8(12)3-2-7(9)5-11-6;/h2-4,6,10-13H,5H2,1H3;1H. The van der Waals surface area contributed by atoms with Crippen molar-refractivity contribution in [1.82, 2.24) is 0 Å². The second kappa shape index (κ2) is 4.17. The summed E-state index contributed by atoms with van der Waals surface area (Å²) in [6.45, 7) is 2.87. The lowest BCUT2D eigenvalue weighted by Gasteiger charge is -2.25. The molecule has 0 amide bonds. The number of quaternary nitrogens is 1. The van der Waals surface area contributed by atoms with Crippen LogP contribution < -0.4 is 17.7 Å². The summed E-state index contributed by atoms with van der Waals surface area (Å²) in [5, 5.41) is 21.2. The van der Waals surface area contributed by atoms with Crippen molar-refractivity contribution in [2.75, 3.05) is 0 Å². The Morgan fingerprint density at radius 2 is 2.14 bits per heavy atom. The maximum Gasteiger partial charge on any atom is 0.131 e. The molecular formula is C10H14ClNO2. The Morgan fingerprint density at radius 1 is 1.43 bits per heavy atom. The zero-order valence-electron chi connectivity index (χ0n) is 7.94. The van der Waals surface area contributed by atoms with E-state index in [1.807, 2.05) is 13.0 Å². The fourth-order valence-corrected chi connectivity index (χ4v) is 1.77. The smallest absolute Gasteiger partial charge is 0.131 e. The first-order valence-corrected chi connectivity index (χ1v) is 4.51. The van der Waals surface area contributed by atoms with Crippen LogP contribution in [-0.4, -0.2) is 16.3 Å². The number of aromatic hydroxyl groups is 1. The van der Waals surface area contributed by atoms with Gasteiger partial charge >= 0.3 is 0 Å². The molecule has 0 bridgehead atoms. The van der Waals surface area contributed by atoms with Gasteiger partial charge in [-0.2, -0.15) is 0 Å². The van der Waals surface area contributed by atoms with Gasteiger partial charge in [0.05, 0.1) is 0 Å². The molecule has 0 aliphatic carbocycles. The van der Waals surface area contributed by atoms with Gasteiger partial charge in [-0.25, -0.2) is 0 Å². The van der Waals surface area contributed by atoms with E-state index in [9.17, 15) is 10.2 Å². The highest BCUT2D eigenvalue weighted by atomic mass is 35.5. The third-order valence-electron chi connectivity index (χ3n) is 2.66. The molecule has 0 saturated heterocycles. The highest BCUT2D eigenvalue weighted by molar-refractivity contribution is 5.36. The quantitative estimate of drug-likeness (QED) is 0.430. The summed E-state index contributed by atoms with van der Waals surface area (Å²) in [7, 11) is 0. The van der Waals surface area contributed by atoms with Crippen molar-refractivity contribution in [2.24, 2.45) is 0 Å². The summed E-state index contributed by atoms with van der Waals surface area (Å²) in [6.07, 6.45) is -0.462. The molecule has 2 rings (SSSR count). The molecule has 0 aromatic heterocycles. The number of phenolic OH excluding ortho intramolecular Hbond substituents is 1. The average Bonchev–Trinajstić information content (AvgIpc) is 2.12. The third kappa shape index (κ3) is 1.85. The van der Waals surface area contributed by atoms with Crippen LogP contribution in [0.4, 0.5) is 0 Å². The second-order valence-corrected chi connectivity index (χ2v) is 3.63. The largest absolute Gasteiger partial charge is 1.00 e. The van der Waals surface area contributed by atoms with E-state index >= 15 is 0 Å². The number of phenols is 1. The molecule has 0 radical (unpaired) electrons. The van der Waals surface area contributed by atoms with Gasteiger partial charge in [0.1, 0.15) is 24.4 Å². The lowest BCUT2D eigenvalue weighted by molar-refractivity contribution is -0.713. The number of nitrogens with two attached hydrogens (primary N) is 1. The summed E-state index contributed by atoms with van der Waals surface area (Å²) in [6, 6.07) is 5.36. The number of aliphatic hydroxyl groups is 1. The van der Waals surface area contributed by atoms with Crippen LogP contribution in [0.2, 0.25) is 0 Å². The Balaban J connectivity index is 0.000000980. The van der Waals surface area contributed by atoms with Crippen LogP contribution in [0.5, 0.6) is 5.75 Å². The maximum atomic E-state index is 9.81. The number of benzene rings is 1. The van der Waals surface area contributed by atoms with E-state index in [0.717, 1.165) is 17.7 Å². The van der Waals surface area contributed by atoms with Crippen LogP contribution in [0.15, 0.2) is 18.2 Å². The van der Waals surface area contributed by atoms with E-state index in [-0.39, 0.29) is 24.2 Å². The van der Waals surface area contributed by atoms with E-state index in [1.165, 1.54) is 0 Å². The summed E-state index contributed by atoms with van der Waals surface area (Å²) < 4.78 is 0. The van der Waals surface area contributed by atoms with Crippen LogP contribution in [0.25, 0.3) is 0 Å². The molecule has 0 saturated carbocycles. The molecule has 0 spiro atoms. The van der Waals surface area contributed by atoms with Crippen LogP contribution in [0, 0.1) is 0 Å². The highest BCUT2D eigenvalue weighted by Crippen LogP contribution is 2.25. The Morgan fingerprint density at radius 3 is 2.86 bits per heavy atom. The van der Waals surface area contributed by atoms with Gasteiger partial charge in [0.2, 0.25) is 0 Å². The number of aliphatic hydroxyl groups excluding tert-OH is 1. The number of hydrogen-bond acceptors (Lipinski definition) is 2. The number of halogens is 1. The van der Waals surface area contributed by atoms with E-state index in [1.54, 1.807) is 12.1 Å². The first kappa shape index (κ1) is 11.3. The van der Waals surface area contributed by atoms with E-state index < -0.39 is 6.10 Å². The Hall–Kier alpha value is -0.770. The minimum Gasteiger partial charge on any atom is -1.00 e. The summed E-state index contributed by atoms with van der Waals surface area (Å²) >= 11 is 0. The molecule has 0 fully saturated rings. The van der Waals surface area contributed by atoms with Crippen molar-refractivity contribution >= 4 is 0 Å². The van der Waals surface area contributed by atoms with Gasteiger partial charge in [-0.1, -0.05) is 0 Å². The second-order valence-electron chi connectivity index (χ2n) is 3.63. The van der Waals surface area contributed by atoms with Crippen molar-refractivity contribution < 1.29 is 27.9 Å². The van der Waals surface area contributed by atoms with E-state index in [2.05, 4.69) is 5.32 Å². The monoisotopic (exact) mass is 215 g/mol. The lowest BCUT2D eigenvalue weighted by atomic mass is 9.94. The van der Waals surface area contributed by atoms with E-state index in [4.69, 9.17) is 0 Å². The molecule has 1 heterocycles. The van der Waals surface area contributed by atoms with E-state index in [0.29, 0.717) is 0 Å². The Kier molecular flexibility index (Phi) is 3.37. The zero-order chi connectivity index (χ0) is 9.42. The van der Waals surface area contributed by atoms with Gasteiger partial charge < -0.3 is 27.9 Å². The molecule has 1 aliphatic heterocycles. The number of fused-ring (bicyclic) bond motifs is 1. The first-order chi connectivity index (χ1) is 6.18. The fraction of sp³-hybridized carbons (Fsp3) is 0.400. The van der Waals surface area contributed by atoms with Gasteiger partial charge in [-0.05, 0) is 30.7 Å². The Labute approximate surface area is 89.2 Å². The summed E-state index contributed by atoms with van der Waals surface area (Å²) in [5.74, 6) is 0.229. The maximum absolute atomic E-state index is 9.81. The minimum atomic E-state index is -0.462. The molecule has 2 unspecified atom stereocenters. The predicted molar refractivity (Wildman–Crippen MR) is 48.2 cm³/mol. The van der Waals surface area contributed by atoms with Gasteiger partial charge in [0.25, 0.3) is 0 Å². The van der Waals surface area contributed by atoms with Crippen LogP contribution in [0.3, 0.4) is 0 Å². The molecule has 4 N–H and O–H groups in total. The summed E-state index contributed by atoms with van der Waals surface area (Å²) in [5.41, 5.74) is 1.98. The molecular weight excluding hydrogens is 202 g/mol. The molecule has 78 valence electrons. The molecule has 4 heteroatoms. The van der Waals surface area contributed by atoms with Gasteiger partial charge in [0, 0.05) is 5.56 Å². The van der Waals surface area contributed by atoms with Crippen molar-refractivity contribution in [3.8, 4) is 5.75 Å². The van der Waals surface area contributed by atoms with Crippen LogP contribution in [-0.2, 0) is 6.54 Å². The summed E-state index contributed by atoms with van der Waals surface area (Å²) in [4.78, 5) is 0. The van der Waals surface area contributed by atoms with Gasteiger partial charge in [-0.3, -0.25) is 0 Å². The van der Waals surface area contributed by atoms with Crippen molar-refractivity contribution in [1.29, 1.82) is 0 Å². The molecule has 1 aromatic carbocycles. The SMILES string of the molecule is CC1[NH2+]Cc2ccc(O)cc2C1O.[Cl-]. The van der Waals surface area contributed by atoms with Crippen LogP contribution in [0.1, 0.15) is 24.2 Å². The Bertz CT molecular complexity index is 330. The normalized spacial score (nSPS) is 25.0. The van der Waals surface area contributed by atoms with Gasteiger partial charge in [-0.15, -0.1) is 0 Å². The fourth-order valence-electron chi connectivity index (χ4n) is 1.77. The first-order valence-electron chi connectivity index (χ1n) is 4.51. The van der Waals surface area contributed by atoms with Crippen molar-refractivity contribution in [3.05, 3.63) is 29.3 Å². The molecule has 2 atom stereocenters. The highest BCUT2D eigenvalue weighted by Gasteiger charge is 2.27. The number of hydrogen-bond donors (Lipinski definition) is 3. The molecule has 1 aliphatic rings. The van der Waals surface area contributed by atoms with Crippen LogP contribution >= 0.6 is 0 Å². The molecule has 1 aromatic rings. The minimum absolute atomic E-state index is 0. The van der Waals surface area contributed by atoms with Crippen molar-refractivity contribution in [2.45, 2.75) is 25.6 Å². The third-order valence-corrected chi connectivity index (χ3v) is 2.66. The molecule has 3 nitrogen and oxygen atoms in total. The number of rotatable bonds is 0. The van der Waals surface area contributed by atoms with Gasteiger partial charge in [0.15, 0.2) is 0 Å². The van der Waals surface area contributed by atoms with Crippen molar-refractivity contribution in [3.63, 3.8) is 0 Å². The predicted octanol–water partition coefficient (Wildman–Crippen LogP) is -3.10. The average molecular weight is 216 g/mol. The molecule has 14 heavy (non-hydrogen) atoms. The topological polar surface area (TPSA) is 57.1 Å².